The van der Waals surface area contributed by atoms with E-state index < -0.39 is 0 Å². The van der Waals surface area contributed by atoms with Gasteiger partial charge in [-0.05, 0) is 63.2 Å². The second kappa shape index (κ2) is 7.11. The fourth-order valence-electron chi connectivity index (χ4n) is 5.42. The summed E-state index contributed by atoms with van der Waals surface area (Å²) in [6.07, 6.45) is 18.3. The predicted octanol–water partition coefficient (Wildman–Crippen LogP) is 3.91. The molecular formula is C19H31NO. The van der Waals surface area contributed by atoms with Crippen LogP contribution in [-0.4, -0.2) is 34.7 Å². The normalized spacial score (nSPS) is 40.1. The third-order valence-corrected chi connectivity index (χ3v) is 6.24. The average molecular weight is 289 g/mol. The third-order valence-electron chi connectivity index (χ3n) is 6.24. The minimum atomic E-state index is 0.358. The minimum Gasteiger partial charge on any atom is -0.396 e. The van der Waals surface area contributed by atoms with Gasteiger partial charge >= 0.3 is 0 Å². The first-order valence-corrected chi connectivity index (χ1v) is 9.01. The molecule has 0 bridgehead atoms. The van der Waals surface area contributed by atoms with Crippen LogP contribution < -0.4 is 0 Å². The molecule has 1 saturated carbocycles. The van der Waals surface area contributed by atoms with Gasteiger partial charge in [0.15, 0.2) is 0 Å². The summed E-state index contributed by atoms with van der Waals surface area (Å²) in [7, 11) is 0. The number of aliphatic hydroxyl groups is 1. The molecule has 0 aromatic heterocycles. The van der Waals surface area contributed by atoms with Crippen LogP contribution in [0.25, 0.3) is 0 Å². The van der Waals surface area contributed by atoms with E-state index in [2.05, 4.69) is 23.6 Å². The van der Waals surface area contributed by atoms with Crippen molar-refractivity contribution in [3.63, 3.8) is 0 Å². The molecule has 0 spiro atoms. The molecule has 0 aromatic carbocycles. The maximum Gasteiger partial charge on any atom is 0.0445 e. The molecule has 118 valence electrons. The molecule has 2 heterocycles. The minimum absolute atomic E-state index is 0.358. The molecule has 3 aliphatic rings. The van der Waals surface area contributed by atoms with E-state index in [-0.39, 0.29) is 0 Å². The van der Waals surface area contributed by atoms with Crippen molar-refractivity contribution in [2.24, 2.45) is 11.8 Å². The second-order valence-electron chi connectivity index (χ2n) is 7.24. The zero-order valence-electron chi connectivity index (χ0n) is 13.3. The number of rotatable bonds is 5. The van der Waals surface area contributed by atoms with Crippen molar-refractivity contribution < 1.29 is 5.11 Å². The van der Waals surface area contributed by atoms with Gasteiger partial charge in [-0.2, -0.15) is 0 Å². The Morgan fingerprint density at radius 2 is 1.95 bits per heavy atom. The Bertz CT molecular complexity index is 378. The van der Waals surface area contributed by atoms with Crippen LogP contribution in [0.1, 0.15) is 57.8 Å². The molecule has 2 heteroatoms. The van der Waals surface area contributed by atoms with E-state index in [0.717, 1.165) is 30.3 Å². The molecule has 0 amide bonds. The summed E-state index contributed by atoms with van der Waals surface area (Å²) in [6, 6.07) is 2.29. The van der Waals surface area contributed by atoms with Crippen LogP contribution >= 0.6 is 0 Å². The van der Waals surface area contributed by atoms with Crippen molar-refractivity contribution in [3.05, 3.63) is 24.8 Å². The van der Waals surface area contributed by atoms with Crippen LogP contribution in [0.5, 0.6) is 0 Å². The molecule has 0 radical (unpaired) electrons. The van der Waals surface area contributed by atoms with Gasteiger partial charge in [-0.1, -0.05) is 31.2 Å². The standard InChI is InChI=1S/C19H31NO/c1-2-3-4-6-15-7-5-8-19-18(15)12-11-16-9-10-17(13-14-21)20(16)19/h2-4,15-19,21H,1,5-14H2. The summed E-state index contributed by atoms with van der Waals surface area (Å²) < 4.78 is 0. The van der Waals surface area contributed by atoms with Crippen molar-refractivity contribution >= 4 is 0 Å². The number of fused-ring (bicyclic) bond motifs is 3. The maximum atomic E-state index is 9.36. The van der Waals surface area contributed by atoms with E-state index in [0.29, 0.717) is 12.6 Å². The molecule has 21 heavy (non-hydrogen) atoms. The van der Waals surface area contributed by atoms with Gasteiger partial charge < -0.3 is 5.11 Å². The highest BCUT2D eigenvalue weighted by Gasteiger charge is 2.46. The van der Waals surface area contributed by atoms with E-state index in [1.807, 2.05) is 6.08 Å². The van der Waals surface area contributed by atoms with Crippen molar-refractivity contribution in [3.8, 4) is 0 Å². The molecule has 1 aliphatic carbocycles. The van der Waals surface area contributed by atoms with Crippen LogP contribution in [0.4, 0.5) is 0 Å². The Kier molecular flexibility index (Phi) is 5.18. The fraction of sp³-hybridized carbons (Fsp3) is 0.789. The van der Waals surface area contributed by atoms with Gasteiger partial charge in [0, 0.05) is 24.7 Å². The predicted molar refractivity (Wildman–Crippen MR) is 88.2 cm³/mol. The van der Waals surface area contributed by atoms with Gasteiger partial charge in [0.25, 0.3) is 0 Å². The zero-order chi connectivity index (χ0) is 14.7. The fourth-order valence-corrected chi connectivity index (χ4v) is 5.42. The Morgan fingerprint density at radius 3 is 2.76 bits per heavy atom. The SMILES string of the molecule is C=CC=CCC1CCCC2C1CCC1CCC(CCO)N12. The summed E-state index contributed by atoms with van der Waals surface area (Å²) in [5.41, 5.74) is 0. The quantitative estimate of drug-likeness (QED) is 0.776. The lowest BCUT2D eigenvalue weighted by Crippen LogP contribution is -2.54. The highest BCUT2D eigenvalue weighted by atomic mass is 16.3. The summed E-state index contributed by atoms with van der Waals surface area (Å²) in [5, 5.41) is 9.36. The lowest BCUT2D eigenvalue weighted by atomic mass is 9.69. The van der Waals surface area contributed by atoms with Crippen molar-refractivity contribution in [1.29, 1.82) is 0 Å². The number of piperidine rings is 1. The number of hydrogen-bond donors (Lipinski definition) is 1. The highest BCUT2D eigenvalue weighted by Crippen LogP contribution is 2.47. The molecular weight excluding hydrogens is 258 g/mol. The van der Waals surface area contributed by atoms with Gasteiger partial charge in [0.1, 0.15) is 0 Å². The average Bonchev–Trinajstić information content (AvgIpc) is 2.92. The summed E-state index contributed by atoms with van der Waals surface area (Å²) in [5.74, 6) is 1.76. The Morgan fingerprint density at radius 1 is 1.10 bits per heavy atom. The highest BCUT2D eigenvalue weighted by molar-refractivity contribution is 5.04. The Balaban J connectivity index is 1.70. The van der Waals surface area contributed by atoms with Crippen LogP contribution in [0, 0.1) is 11.8 Å². The molecule has 0 aromatic rings. The molecule has 3 fully saturated rings. The second-order valence-corrected chi connectivity index (χ2v) is 7.24. The third kappa shape index (κ3) is 3.12. The first-order chi connectivity index (χ1) is 10.3. The van der Waals surface area contributed by atoms with Crippen molar-refractivity contribution in [2.45, 2.75) is 75.9 Å². The lowest BCUT2D eigenvalue weighted by Gasteiger charge is -2.51. The summed E-state index contributed by atoms with van der Waals surface area (Å²) >= 11 is 0. The Hall–Kier alpha value is -0.600. The molecule has 5 atom stereocenters. The van der Waals surface area contributed by atoms with E-state index in [9.17, 15) is 5.11 Å². The number of hydrogen-bond acceptors (Lipinski definition) is 2. The van der Waals surface area contributed by atoms with Crippen LogP contribution in [0.3, 0.4) is 0 Å². The van der Waals surface area contributed by atoms with Crippen LogP contribution in [0.2, 0.25) is 0 Å². The topological polar surface area (TPSA) is 23.5 Å². The number of aliphatic hydroxyl groups excluding tert-OH is 1. The zero-order valence-corrected chi connectivity index (χ0v) is 13.3. The van der Waals surface area contributed by atoms with Gasteiger partial charge in [-0.15, -0.1) is 0 Å². The molecule has 2 saturated heterocycles. The van der Waals surface area contributed by atoms with Gasteiger partial charge in [0.2, 0.25) is 0 Å². The van der Waals surface area contributed by atoms with Crippen molar-refractivity contribution in [1.82, 2.24) is 4.90 Å². The molecule has 2 aliphatic heterocycles. The molecule has 5 unspecified atom stereocenters. The summed E-state index contributed by atoms with van der Waals surface area (Å²) in [6.45, 7) is 4.14. The molecule has 3 rings (SSSR count). The largest absolute Gasteiger partial charge is 0.396 e. The number of allylic oxidation sites excluding steroid dienone is 3. The maximum absolute atomic E-state index is 9.36. The van der Waals surface area contributed by atoms with Gasteiger partial charge in [-0.3, -0.25) is 4.90 Å². The van der Waals surface area contributed by atoms with E-state index in [1.54, 1.807) is 0 Å². The first-order valence-electron chi connectivity index (χ1n) is 9.01. The van der Waals surface area contributed by atoms with Gasteiger partial charge in [-0.25, -0.2) is 0 Å². The smallest absolute Gasteiger partial charge is 0.0445 e. The molecule has 1 N–H and O–H groups in total. The monoisotopic (exact) mass is 289 g/mol. The van der Waals surface area contributed by atoms with E-state index in [4.69, 9.17) is 0 Å². The lowest BCUT2D eigenvalue weighted by molar-refractivity contribution is -0.0166. The van der Waals surface area contributed by atoms with Crippen LogP contribution in [0.15, 0.2) is 24.8 Å². The van der Waals surface area contributed by atoms with E-state index >= 15 is 0 Å². The summed E-state index contributed by atoms with van der Waals surface area (Å²) in [4.78, 5) is 2.85. The number of nitrogens with zero attached hydrogens (tertiary/aromatic N) is 1. The van der Waals surface area contributed by atoms with Gasteiger partial charge in [0.05, 0.1) is 0 Å². The first kappa shape index (κ1) is 15.3. The molecule has 2 nitrogen and oxygen atoms in total. The van der Waals surface area contributed by atoms with E-state index in [1.165, 1.54) is 51.4 Å². The van der Waals surface area contributed by atoms with Crippen molar-refractivity contribution in [2.75, 3.05) is 6.61 Å². The Labute approximate surface area is 129 Å². The van der Waals surface area contributed by atoms with Crippen LogP contribution in [-0.2, 0) is 0 Å².